The molecule has 0 spiro atoms. The first-order valence-electron chi connectivity index (χ1n) is 5.59. The number of anilines is 1. The molecule has 0 radical (unpaired) electrons. The lowest BCUT2D eigenvalue weighted by molar-refractivity contribution is 0.598. The SMILES string of the molecule is N#Cc1cnc2c(c1)S(=O)(=O)N=C[C@@H]1CCCN21. The summed E-state index contributed by atoms with van der Waals surface area (Å²) >= 11 is 0. The molecule has 1 atom stereocenters. The molecule has 0 aliphatic carbocycles. The first-order chi connectivity index (χ1) is 8.62. The van der Waals surface area contributed by atoms with Gasteiger partial charge in [0.1, 0.15) is 16.8 Å². The largest absolute Gasteiger partial charge is 0.347 e. The summed E-state index contributed by atoms with van der Waals surface area (Å²) in [6.07, 6.45) is 4.73. The van der Waals surface area contributed by atoms with Gasteiger partial charge in [-0.3, -0.25) is 0 Å². The number of fused-ring (bicyclic) bond motifs is 3. The second kappa shape index (κ2) is 3.78. The first-order valence-corrected chi connectivity index (χ1v) is 7.03. The number of rotatable bonds is 0. The summed E-state index contributed by atoms with van der Waals surface area (Å²) in [5, 5.41) is 8.83. The third-order valence-electron chi connectivity index (χ3n) is 3.18. The lowest BCUT2D eigenvalue weighted by Gasteiger charge is -2.21. The van der Waals surface area contributed by atoms with E-state index < -0.39 is 10.0 Å². The van der Waals surface area contributed by atoms with E-state index in [9.17, 15) is 8.42 Å². The Morgan fingerprint density at radius 3 is 3.11 bits per heavy atom. The van der Waals surface area contributed by atoms with Crippen LogP contribution in [0.25, 0.3) is 0 Å². The molecule has 1 saturated heterocycles. The lowest BCUT2D eigenvalue weighted by atomic mass is 10.2. The predicted molar refractivity (Wildman–Crippen MR) is 65.0 cm³/mol. The number of nitriles is 1. The van der Waals surface area contributed by atoms with Crippen LogP contribution >= 0.6 is 0 Å². The van der Waals surface area contributed by atoms with E-state index in [-0.39, 0.29) is 16.5 Å². The fraction of sp³-hybridized carbons (Fsp3) is 0.364. The van der Waals surface area contributed by atoms with Crippen LogP contribution in [-0.2, 0) is 10.0 Å². The summed E-state index contributed by atoms with van der Waals surface area (Å²) < 4.78 is 27.7. The molecule has 3 rings (SSSR count). The van der Waals surface area contributed by atoms with Crippen LogP contribution in [0.15, 0.2) is 21.6 Å². The van der Waals surface area contributed by atoms with Gasteiger partial charge in [0.2, 0.25) is 0 Å². The Morgan fingerprint density at radius 1 is 1.50 bits per heavy atom. The van der Waals surface area contributed by atoms with Crippen molar-refractivity contribution in [1.82, 2.24) is 4.98 Å². The smallest absolute Gasteiger partial charge is 0.285 e. The normalized spacial score (nSPS) is 23.9. The zero-order valence-corrected chi connectivity index (χ0v) is 10.3. The highest BCUT2D eigenvalue weighted by Gasteiger charge is 2.33. The molecule has 6 nitrogen and oxygen atoms in total. The Labute approximate surface area is 105 Å². The summed E-state index contributed by atoms with van der Waals surface area (Å²) in [5.74, 6) is 0.411. The van der Waals surface area contributed by atoms with Crippen molar-refractivity contribution >= 4 is 22.1 Å². The maximum absolute atomic E-state index is 12.0. The topological polar surface area (TPSA) is 86.4 Å². The number of hydrogen-bond acceptors (Lipinski definition) is 5. The molecule has 92 valence electrons. The van der Waals surface area contributed by atoms with E-state index in [0.717, 1.165) is 19.4 Å². The van der Waals surface area contributed by atoms with Gasteiger partial charge >= 0.3 is 0 Å². The molecular weight excluding hydrogens is 252 g/mol. The molecule has 3 heterocycles. The van der Waals surface area contributed by atoms with Gasteiger partial charge in [-0.2, -0.15) is 18.1 Å². The molecule has 0 amide bonds. The maximum Gasteiger partial charge on any atom is 0.285 e. The second-order valence-electron chi connectivity index (χ2n) is 4.29. The van der Waals surface area contributed by atoms with Crippen LogP contribution < -0.4 is 4.90 Å². The Hall–Kier alpha value is -1.94. The van der Waals surface area contributed by atoms with Crippen LogP contribution in [0, 0.1) is 11.3 Å². The van der Waals surface area contributed by atoms with Crippen molar-refractivity contribution in [3.8, 4) is 6.07 Å². The van der Waals surface area contributed by atoms with Crippen molar-refractivity contribution in [1.29, 1.82) is 5.26 Å². The van der Waals surface area contributed by atoms with Crippen LogP contribution in [0.5, 0.6) is 0 Å². The van der Waals surface area contributed by atoms with Gasteiger partial charge in [0.15, 0.2) is 0 Å². The molecule has 7 heteroatoms. The van der Waals surface area contributed by atoms with Crippen LogP contribution in [-0.4, -0.2) is 32.2 Å². The molecule has 2 aliphatic heterocycles. The summed E-state index contributed by atoms with van der Waals surface area (Å²) in [6.45, 7) is 0.762. The molecule has 18 heavy (non-hydrogen) atoms. The van der Waals surface area contributed by atoms with Crippen molar-refractivity contribution < 1.29 is 8.42 Å². The number of nitrogens with zero attached hydrogens (tertiary/aromatic N) is 4. The van der Waals surface area contributed by atoms with Crippen molar-refractivity contribution in [2.24, 2.45) is 4.40 Å². The van der Waals surface area contributed by atoms with Gasteiger partial charge < -0.3 is 4.90 Å². The molecule has 0 N–H and O–H groups in total. The first kappa shape index (κ1) is 11.2. The Kier molecular flexibility index (Phi) is 2.35. The van der Waals surface area contributed by atoms with E-state index in [1.165, 1.54) is 18.5 Å². The number of sulfonamides is 1. The van der Waals surface area contributed by atoms with Gasteiger partial charge in [-0.15, -0.1) is 0 Å². The molecular formula is C11H10N4O2S. The third kappa shape index (κ3) is 1.57. The molecule has 0 saturated carbocycles. The van der Waals surface area contributed by atoms with Crippen LogP contribution in [0.2, 0.25) is 0 Å². The minimum atomic E-state index is -3.74. The average Bonchev–Trinajstić information content (AvgIpc) is 2.80. The minimum absolute atomic E-state index is 0.0125. The standard InChI is InChI=1S/C11H10N4O2S/c12-5-8-4-10-11(13-6-8)15-3-1-2-9(15)7-14-18(10,16)17/h4,6-7,9H,1-3H2/t9-/m0/s1. The number of hydrogen-bond donors (Lipinski definition) is 0. The van der Waals surface area contributed by atoms with E-state index in [1.54, 1.807) is 0 Å². The molecule has 0 bridgehead atoms. The second-order valence-corrected chi connectivity index (χ2v) is 5.89. The lowest BCUT2D eigenvalue weighted by Crippen LogP contribution is -2.30. The highest BCUT2D eigenvalue weighted by molar-refractivity contribution is 7.90. The highest BCUT2D eigenvalue weighted by Crippen LogP contribution is 2.32. The van der Waals surface area contributed by atoms with Crippen LogP contribution in [0.3, 0.4) is 0 Å². The number of aromatic nitrogens is 1. The summed E-state index contributed by atoms with van der Waals surface area (Å²) in [7, 11) is -3.74. The van der Waals surface area contributed by atoms with Crippen molar-refractivity contribution in [3.63, 3.8) is 0 Å². The van der Waals surface area contributed by atoms with E-state index in [1.807, 2.05) is 11.0 Å². The van der Waals surface area contributed by atoms with Crippen LogP contribution in [0.1, 0.15) is 18.4 Å². The fourth-order valence-electron chi connectivity index (χ4n) is 2.32. The zero-order valence-electron chi connectivity index (χ0n) is 9.44. The minimum Gasteiger partial charge on any atom is -0.347 e. The van der Waals surface area contributed by atoms with Crippen molar-refractivity contribution in [3.05, 3.63) is 17.8 Å². The maximum atomic E-state index is 12.0. The molecule has 1 aromatic heterocycles. The molecule has 1 aromatic rings. The van der Waals surface area contributed by atoms with E-state index in [4.69, 9.17) is 5.26 Å². The van der Waals surface area contributed by atoms with Crippen molar-refractivity contribution in [2.45, 2.75) is 23.8 Å². The van der Waals surface area contributed by atoms with Gasteiger partial charge in [0.05, 0.1) is 11.6 Å². The van der Waals surface area contributed by atoms with Gasteiger partial charge in [0, 0.05) is 19.0 Å². The average molecular weight is 262 g/mol. The van der Waals surface area contributed by atoms with Crippen LogP contribution in [0.4, 0.5) is 5.82 Å². The Balaban J connectivity index is 2.27. The highest BCUT2D eigenvalue weighted by atomic mass is 32.2. The molecule has 0 unspecified atom stereocenters. The Bertz CT molecular complexity index is 675. The summed E-state index contributed by atoms with van der Waals surface area (Å²) in [5.41, 5.74) is 0.227. The monoisotopic (exact) mass is 262 g/mol. The van der Waals surface area contributed by atoms with E-state index in [0.29, 0.717) is 5.82 Å². The molecule has 1 fully saturated rings. The van der Waals surface area contributed by atoms with Gasteiger partial charge in [-0.1, -0.05) is 0 Å². The number of pyridine rings is 1. The Morgan fingerprint density at radius 2 is 2.33 bits per heavy atom. The molecule has 2 aliphatic rings. The van der Waals surface area contributed by atoms with Gasteiger partial charge in [0.25, 0.3) is 10.0 Å². The fourth-order valence-corrected chi connectivity index (χ4v) is 3.41. The zero-order chi connectivity index (χ0) is 12.8. The predicted octanol–water partition coefficient (Wildman–Crippen LogP) is 0.695. The van der Waals surface area contributed by atoms with E-state index in [2.05, 4.69) is 9.38 Å². The quantitative estimate of drug-likeness (QED) is 0.686. The van der Waals surface area contributed by atoms with E-state index >= 15 is 0 Å². The third-order valence-corrected chi connectivity index (χ3v) is 4.44. The summed E-state index contributed by atoms with van der Waals surface area (Å²) in [6, 6.07) is 3.23. The van der Waals surface area contributed by atoms with Gasteiger partial charge in [-0.25, -0.2) is 4.98 Å². The van der Waals surface area contributed by atoms with Crippen molar-refractivity contribution in [2.75, 3.05) is 11.4 Å². The molecule has 0 aromatic carbocycles. The van der Waals surface area contributed by atoms with Gasteiger partial charge in [-0.05, 0) is 18.9 Å². The summed E-state index contributed by atoms with van der Waals surface area (Å²) in [4.78, 5) is 6.10.